The Morgan fingerprint density at radius 1 is 0.893 bits per heavy atom. The number of nitro groups is 1. The van der Waals surface area contributed by atoms with E-state index >= 15 is 0 Å². The maximum absolute atomic E-state index is 12.6. The van der Waals surface area contributed by atoms with E-state index in [-0.39, 0.29) is 22.7 Å². The van der Waals surface area contributed by atoms with Crippen LogP contribution >= 0.6 is 0 Å². The van der Waals surface area contributed by atoms with Crippen LogP contribution in [0.25, 0.3) is 0 Å². The Hall–Kier alpha value is -3.87. The molecule has 0 amide bonds. The smallest absolute Gasteiger partial charge is 0.293 e. The van der Waals surface area contributed by atoms with Gasteiger partial charge in [0.15, 0.2) is 17.3 Å². The Morgan fingerprint density at radius 2 is 1.64 bits per heavy atom. The summed E-state index contributed by atoms with van der Waals surface area (Å²) in [4.78, 5) is 23.6. The van der Waals surface area contributed by atoms with Crippen molar-refractivity contribution in [2.75, 3.05) is 18.5 Å². The summed E-state index contributed by atoms with van der Waals surface area (Å²) in [6, 6.07) is 18.3. The third-order valence-electron chi connectivity index (χ3n) is 4.31. The molecule has 3 aromatic carbocycles. The van der Waals surface area contributed by atoms with E-state index in [1.165, 1.54) is 12.1 Å². The SMILES string of the molecule is O=C(c1ccccc1)c1ccc(Nc2ccc3c(c2)OCCO3)c([N+](=O)[O-])c1. The van der Waals surface area contributed by atoms with Crippen LogP contribution in [0.2, 0.25) is 0 Å². The average molecular weight is 376 g/mol. The van der Waals surface area contributed by atoms with E-state index in [0.717, 1.165) is 0 Å². The normalized spacial score (nSPS) is 12.3. The lowest BCUT2D eigenvalue weighted by molar-refractivity contribution is -0.383. The predicted molar refractivity (Wildman–Crippen MR) is 104 cm³/mol. The molecular formula is C21H16N2O5. The third kappa shape index (κ3) is 3.50. The van der Waals surface area contributed by atoms with Crippen molar-refractivity contribution in [1.29, 1.82) is 0 Å². The lowest BCUT2D eigenvalue weighted by Gasteiger charge is -2.19. The molecule has 0 atom stereocenters. The highest BCUT2D eigenvalue weighted by Gasteiger charge is 2.19. The first-order valence-electron chi connectivity index (χ1n) is 8.67. The standard InChI is InChI=1S/C21H16N2O5/c24-21(14-4-2-1-3-5-14)15-6-8-17(18(12-15)23(25)26)22-16-7-9-19-20(13-16)28-11-10-27-19/h1-9,12-13,22H,10-11H2. The fraction of sp³-hybridized carbons (Fsp3) is 0.0952. The first-order valence-corrected chi connectivity index (χ1v) is 8.67. The van der Waals surface area contributed by atoms with Crippen molar-refractivity contribution in [3.8, 4) is 11.5 Å². The molecule has 140 valence electrons. The fourth-order valence-electron chi connectivity index (χ4n) is 2.96. The fourth-order valence-corrected chi connectivity index (χ4v) is 2.96. The molecule has 0 aromatic heterocycles. The molecule has 3 aromatic rings. The van der Waals surface area contributed by atoms with Crippen LogP contribution < -0.4 is 14.8 Å². The third-order valence-corrected chi connectivity index (χ3v) is 4.31. The van der Waals surface area contributed by atoms with Gasteiger partial charge in [0.25, 0.3) is 5.69 Å². The Morgan fingerprint density at radius 3 is 2.39 bits per heavy atom. The van der Waals surface area contributed by atoms with Gasteiger partial charge in [0.2, 0.25) is 0 Å². The van der Waals surface area contributed by atoms with Gasteiger partial charge in [-0.05, 0) is 24.3 Å². The van der Waals surface area contributed by atoms with Crippen LogP contribution in [0.4, 0.5) is 17.1 Å². The van der Waals surface area contributed by atoms with Crippen LogP contribution in [0.3, 0.4) is 0 Å². The van der Waals surface area contributed by atoms with Crippen molar-refractivity contribution < 1.29 is 19.2 Å². The zero-order chi connectivity index (χ0) is 19.5. The molecule has 0 saturated heterocycles. The minimum atomic E-state index is -0.512. The molecular weight excluding hydrogens is 360 g/mol. The Kier molecular flexibility index (Phi) is 4.63. The van der Waals surface area contributed by atoms with E-state index in [2.05, 4.69) is 5.32 Å². The number of carbonyl (C=O) groups excluding carboxylic acids is 1. The first kappa shape index (κ1) is 17.5. The van der Waals surface area contributed by atoms with Gasteiger partial charge >= 0.3 is 0 Å². The first-order chi connectivity index (χ1) is 13.6. The van der Waals surface area contributed by atoms with E-state index in [4.69, 9.17) is 9.47 Å². The summed E-state index contributed by atoms with van der Waals surface area (Å²) in [7, 11) is 0. The highest BCUT2D eigenvalue weighted by atomic mass is 16.6. The number of nitrogens with one attached hydrogen (secondary N) is 1. The van der Waals surface area contributed by atoms with Crippen LogP contribution in [0.5, 0.6) is 11.5 Å². The monoisotopic (exact) mass is 376 g/mol. The van der Waals surface area contributed by atoms with Crippen LogP contribution in [-0.4, -0.2) is 23.9 Å². The summed E-state index contributed by atoms with van der Waals surface area (Å²) in [6.07, 6.45) is 0. The maximum Gasteiger partial charge on any atom is 0.293 e. The van der Waals surface area contributed by atoms with Gasteiger partial charge in [0.05, 0.1) is 4.92 Å². The molecule has 4 rings (SSSR count). The molecule has 1 aliphatic rings. The second kappa shape index (κ2) is 7.40. The number of ketones is 1. The number of anilines is 2. The number of carbonyl (C=O) groups is 1. The molecule has 0 bridgehead atoms. The highest BCUT2D eigenvalue weighted by Crippen LogP contribution is 2.35. The van der Waals surface area contributed by atoms with Crippen molar-refractivity contribution in [3.05, 3.63) is 88.0 Å². The highest BCUT2D eigenvalue weighted by molar-refractivity contribution is 6.09. The molecule has 0 radical (unpaired) electrons. The van der Waals surface area contributed by atoms with Crippen molar-refractivity contribution in [3.63, 3.8) is 0 Å². The van der Waals surface area contributed by atoms with Crippen LogP contribution in [0.15, 0.2) is 66.7 Å². The molecule has 0 aliphatic carbocycles. The van der Waals surface area contributed by atoms with E-state index in [1.807, 2.05) is 0 Å². The molecule has 7 heteroatoms. The molecule has 0 fully saturated rings. The summed E-state index contributed by atoms with van der Waals surface area (Å²) < 4.78 is 11.0. The van der Waals surface area contributed by atoms with Gasteiger partial charge < -0.3 is 14.8 Å². The number of nitro benzene ring substituents is 1. The zero-order valence-corrected chi connectivity index (χ0v) is 14.8. The largest absolute Gasteiger partial charge is 0.486 e. The second-order valence-electron chi connectivity index (χ2n) is 6.17. The van der Waals surface area contributed by atoms with Crippen molar-refractivity contribution >= 4 is 22.8 Å². The van der Waals surface area contributed by atoms with Gasteiger partial charge in [0.1, 0.15) is 18.9 Å². The molecule has 1 aliphatic heterocycles. The summed E-state index contributed by atoms with van der Waals surface area (Å²) in [5, 5.41) is 14.6. The van der Waals surface area contributed by atoms with Gasteiger partial charge in [-0.15, -0.1) is 0 Å². The lowest BCUT2D eigenvalue weighted by Crippen LogP contribution is -2.15. The number of fused-ring (bicyclic) bond motifs is 1. The number of nitrogens with zero attached hydrogens (tertiary/aromatic N) is 1. The van der Waals surface area contributed by atoms with E-state index in [1.54, 1.807) is 54.6 Å². The van der Waals surface area contributed by atoms with E-state index in [0.29, 0.717) is 36.0 Å². The van der Waals surface area contributed by atoms with E-state index in [9.17, 15) is 14.9 Å². The van der Waals surface area contributed by atoms with Gasteiger partial charge in [-0.2, -0.15) is 0 Å². The lowest BCUT2D eigenvalue weighted by atomic mass is 10.0. The molecule has 0 spiro atoms. The summed E-state index contributed by atoms with van der Waals surface area (Å²) >= 11 is 0. The number of rotatable bonds is 5. The molecule has 0 saturated carbocycles. The van der Waals surface area contributed by atoms with Crippen LogP contribution in [-0.2, 0) is 0 Å². The van der Waals surface area contributed by atoms with Crippen molar-refractivity contribution in [1.82, 2.24) is 0 Å². The van der Waals surface area contributed by atoms with Crippen LogP contribution in [0, 0.1) is 10.1 Å². The zero-order valence-electron chi connectivity index (χ0n) is 14.8. The summed E-state index contributed by atoms with van der Waals surface area (Å²) in [5.74, 6) is 0.944. The van der Waals surface area contributed by atoms with E-state index < -0.39 is 4.92 Å². The molecule has 7 nitrogen and oxygen atoms in total. The number of hydrogen-bond acceptors (Lipinski definition) is 6. The van der Waals surface area contributed by atoms with Crippen LogP contribution in [0.1, 0.15) is 15.9 Å². The molecule has 1 heterocycles. The number of benzene rings is 3. The molecule has 28 heavy (non-hydrogen) atoms. The number of ether oxygens (including phenoxy) is 2. The number of hydrogen-bond donors (Lipinski definition) is 1. The minimum Gasteiger partial charge on any atom is -0.486 e. The maximum atomic E-state index is 12.6. The quantitative estimate of drug-likeness (QED) is 0.405. The second-order valence-corrected chi connectivity index (χ2v) is 6.17. The topological polar surface area (TPSA) is 90.7 Å². The molecule has 0 unspecified atom stereocenters. The summed E-state index contributed by atoms with van der Waals surface area (Å²) in [5.41, 5.74) is 1.45. The Balaban J connectivity index is 1.64. The van der Waals surface area contributed by atoms with Gasteiger partial charge in [-0.25, -0.2) is 0 Å². The Labute approximate surface area is 160 Å². The van der Waals surface area contributed by atoms with Gasteiger partial charge in [-0.3, -0.25) is 14.9 Å². The van der Waals surface area contributed by atoms with Crippen molar-refractivity contribution in [2.24, 2.45) is 0 Å². The predicted octanol–water partition coefficient (Wildman–Crippen LogP) is 4.34. The van der Waals surface area contributed by atoms with Gasteiger partial charge in [-0.1, -0.05) is 30.3 Å². The Bertz CT molecular complexity index is 1050. The molecule has 1 N–H and O–H groups in total. The van der Waals surface area contributed by atoms with Gasteiger partial charge in [0, 0.05) is 28.9 Å². The van der Waals surface area contributed by atoms with Crippen molar-refractivity contribution in [2.45, 2.75) is 0 Å². The minimum absolute atomic E-state index is 0.184. The summed E-state index contributed by atoms with van der Waals surface area (Å²) in [6.45, 7) is 0.940. The average Bonchev–Trinajstić information content (AvgIpc) is 2.74.